The summed E-state index contributed by atoms with van der Waals surface area (Å²) >= 11 is 0. The topological polar surface area (TPSA) is 34.0 Å². The number of fused-ring (bicyclic) bond motifs is 1. The highest BCUT2D eigenvalue weighted by molar-refractivity contribution is 5.92. The van der Waals surface area contributed by atoms with E-state index in [2.05, 4.69) is 21.0 Å². The lowest BCUT2D eigenvalue weighted by atomic mass is 9.93. The number of alkyl halides is 3. The fraction of sp³-hybridized carbons (Fsp3) is 0.368. The Kier molecular flexibility index (Phi) is 4.09. The first-order chi connectivity index (χ1) is 12.4. The minimum atomic E-state index is -4.35. The van der Waals surface area contributed by atoms with E-state index in [1.807, 2.05) is 24.0 Å². The van der Waals surface area contributed by atoms with Crippen molar-refractivity contribution in [2.45, 2.75) is 24.9 Å². The van der Waals surface area contributed by atoms with E-state index in [-0.39, 0.29) is 0 Å². The second-order valence-electron chi connectivity index (χ2n) is 6.70. The Morgan fingerprint density at radius 2 is 1.81 bits per heavy atom. The molecule has 0 bridgehead atoms. The molecule has 0 unspecified atom stereocenters. The van der Waals surface area contributed by atoms with E-state index in [1.165, 1.54) is 11.8 Å². The number of halogens is 3. The van der Waals surface area contributed by atoms with Crippen LogP contribution in [0.5, 0.6) is 0 Å². The summed E-state index contributed by atoms with van der Waals surface area (Å²) in [5.74, 6) is 0.462. The maximum absolute atomic E-state index is 12.9. The van der Waals surface area contributed by atoms with E-state index in [0.717, 1.165) is 49.1 Å². The van der Waals surface area contributed by atoms with Crippen LogP contribution in [-0.2, 0) is 13.2 Å². The standard InChI is InChI=1S/C19H19F3N4/c1-25-17(5-9-24-25)13-6-10-26(11-7-13)18-4-8-23-16-12-14(19(20,21)22)2-3-15(16)18/h2-5,8-9,12-13H,6-7,10-11H2,1H3. The number of benzene rings is 1. The van der Waals surface area contributed by atoms with Gasteiger partial charge in [0.05, 0.1) is 11.1 Å². The maximum Gasteiger partial charge on any atom is 0.416 e. The summed E-state index contributed by atoms with van der Waals surface area (Å²) in [4.78, 5) is 6.38. The monoisotopic (exact) mass is 360 g/mol. The molecule has 1 fully saturated rings. The molecular formula is C19H19F3N4. The Morgan fingerprint density at radius 1 is 1.04 bits per heavy atom. The van der Waals surface area contributed by atoms with Gasteiger partial charge in [0.1, 0.15) is 0 Å². The first-order valence-corrected chi connectivity index (χ1v) is 8.62. The molecule has 0 atom stereocenters. The van der Waals surface area contributed by atoms with Gasteiger partial charge >= 0.3 is 6.18 Å². The number of hydrogen-bond acceptors (Lipinski definition) is 3. The van der Waals surface area contributed by atoms with Crippen molar-refractivity contribution in [2.24, 2.45) is 7.05 Å². The molecule has 136 valence electrons. The van der Waals surface area contributed by atoms with Crippen LogP contribution >= 0.6 is 0 Å². The molecule has 0 spiro atoms. The number of anilines is 1. The quantitative estimate of drug-likeness (QED) is 0.680. The molecule has 4 nitrogen and oxygen atoms in total. The van der Waals surface area contributed by atoms with Crippen LogP contribution in [0.25, 0.3) is 10.9 Å². The SMILES string of the molecule is Cn1nccc1C1CCN(c2ccnc3cc(C(F)(F)F)ccc23)CC1. The zero-order valence-corrected chi connectivity index (χ0v) is 14.4. The number of rotatable bonds is 2. The number of piperidine rings is 1. The zero-order chi connectivity index (χ0) is 18.3. The van der Waals surface area contributed by atoms with Gasteiger partial charge in [0.2, 0.25) is 0 Å². The molecule has 0 radical (unpaired) electrons. The Bertz CT molecular complexity index is 924. The summed E-state index contributed by atoms with van der Waals surface area (Å²) in [6.45, 7) is 1.71. The zero-order valence-electron chi connectivity index (χ0n) is 14.4. The predicted molar refractivity (Wildman–Crippen MR) is 94.1 cm³/mol. The van der Waals surface area contributed by atoms with Crippen molar-refractivity contribution in [1.29, 1.82) is 0 Å². The van der Waals surface area contributed by atoms with Crippen molar-refractivity contribution < 1.29 is 13.2 Å². The fourth-order valence-corrected chi connectivity index (χ4v) is 3.79. The molecular weight excluding hydrogens is 341 g/mol. The number of nitrogens with zero attached hydrogens (tertiary/aromatic N) is 4. The Hall–Kier alpha value is -2.57. The summed E-state index contributed by atoms with van der Waals surface area (Å²) in [7, 11) is 1.95. The van der Waals surface area contributed by atoms with Crippen LogP contribution in [0.4, 0.5) is 18.9 Å². The lowest BCUT2D eigenvalue weighted by Gasteiger charge is -2.34. The van der Waals surface area contributed by atoms with Gasteiger partial charge in [-0.15, -0.1) is 0 Å². The van der Waals surface area contributed by atoms with Crippen molar-refractivity contribution in [3.05, 3.63) is 54.0 Å². The third kappa shape index (κ3) is 3.02. The van der Waals surface area contributed by atoms with Crippen molar-refractivity contribution >= 4 is 16.6 Å². The normalized spacial score (nSPS) is 16.4. The summed E-state index contributed by atoms with van der Waals surface area (Å²) in [5, 5.41) is 5.00. The smallest absolute Gasteiger partial charge is 0.371 e. The molecule has 4 rings (SSSR count). The average Bonchev–Trinajstić information content (AvgIpc) is 3.06. The Labute approximate surface area is 149 Å². The molecule has 0 N–H and O–H groups in total. The number of aromatic nitrogens is 3. The molecule has 3 aromatic rings. The maximum atomic E-state index is 12.9. The Morgan fingerprint density at radius 3 is 2.46 bits per heavy atom. The van der Waals surface area contributed by atoms with E-state index >= 15 is 0 Å². The van der Waals surface area contributed by atoms with Gasteiger partial charge in [0, 0.05) is 55.2 Å². The van der Waals surface area contributed by atoms with Gasteiger partial charge < -0.3 is 4.90 Å². The van der Waals surface area contributed by atoms with Gasteiger partial charge in [-0.25, -0.2) is 0 Å². The van der Waals surface area contributed by atoms with Gasteiger partial charge in [0.15, 0.2) is 0 Å². The van der Waals surface area contributed by atoms with Crippen LogP contribution in [0.3, 0.4) is 0 Å². The first-order valence-electron chi connectivity index (χ1n) is 8.62. The van der Waals surface area contributed by atoms with Crippen LogP contribution in [0.2, 0.25) is 0 Å². The second kappa shape index (κ2) is 6.30. The molecule has 0 saturated carbocycles. The highest BCUT2D eigenvalue weighted by Gasteiger charge is 2.31. The minimum absolute atomic E-state index is 0.381. The third-order valence-electron chi connectivity index (χ3n) is 5.16. The molecule has 1 aliphatic rings. The molecule has 1 aromatic carbocycles. The van der Waals surface area contributed by atoms with Crippen molar-refractivity contribution in [1.82, 2.24) is 14.8 Å². The molecule has 2 aromatic heterocycles. The van der Waals surface area contributed by atoms with Crippen LogP contribution in [-0.4, -0.2) is 27.9 Å². The lowest BCUT2D eigenvalue weighted by Crippen LogP contribution is -2.33. The van der Waals surface area contributed by atoms with Crippen LogP contribution in [0, 0.1) is 0 Å². The number of hydrogen-bond donors (Lipinski definition) is 0. The van der Waals surface area contributed by atoms with Crippen LogP contribution < -0.4 is 4.90 Å². The minimum Gasteiger partial charge on any atom is -0.371 e. The second-order valence-corrected chi connectivity index (χ2v) is 6.70. The highest BCUT2D eigenvalue weighted by Crippen LogP contribution is 2.35. The Balaban J connectivity index is 1.59. The third-order valence-corrected chi connectivity index (χ3v) is 5.16. The molecule has 3 heterocycles. The van der Waals surface area contributed by atoms with E-state index in [0.29, 0.717) is 11.4 Å². The van der Waals surface area contributed by atoms with Gasteiger partial charge in [-0.05, 0) is 37.1 Å². The largest absolute Gasteiger partial charge is 0.416 e. The van der Waals surface area contributed by atoms with Crippen molar-refractivity contribution in [3.63, 3.8) is 0 Å². The summed E-state index contributed by atoms with van der Waals surface area (Å²) in [5.41, 5.74) is 1.90. The lowest BCUT2D eigenvalue weighted by molar-refractivity contribution is -0.137. The molecule has 0 aliphatic carbocycles. The highest BCUT2D eigenvalue weighted by atomic mass is 19.4. The summed E-state index contributed by atoms with van der Waals surface area (Å²) in [6, 6.07) is 7.74. The van der Waals surface area contributed by atoms with E-state index in [4.69, 9.17) is 0 Å². The number of aryl methyl sites for hydroxylation is 1. The number of pyridine rings is 1. The average molecular weight is 360 g/mol. The van der Waals surface area contributed by atoms with Crippen molar-refractivity contribution in [2.75, 3.05) is 18.0 Å². The van der Waals surface area contributed by atoms with E-state index < -0.39 is 11.7 Å². The summed E-state index contributed by atoms with van der Waals surface area (Å²) < 4.78 is 40.7. The van der Waals surface area contributed by atoms with Crippen molar-refractivity contribution in [3.8, 4) is 0 Å². The summed E-state index contributed by atoms with van der Waals surface area (Å²) in [6.07, 6.45) is 1.03. The predicted octanol–water partition coefficient (Wildman–Crippen LogP) is 4.37. The molecule has 1 saturated heterocycles. The molecule has 0 amide bonds. The van der Waals surface area contributed by atoms with Gasteiger partial charge in [0.25, 0.3) is 0 Å². The van der Waals surface area contributed by atoms with Crippen LogP contribution in [0.1, 0.15) is 30.0 Å². The van der Waals surface area contributed by atoms with Crippen LogP contribution in [0.15, 0.2) is 42.7 Å². The van der Waals surface area contributed by atoms with Gasteiger partial charge in [-0.1, -0.05) is 6.07 Å². The van der Waals surface area contributed by atoms with Gasteiger partial charge in [-0.3, -0.25) is 9.67 Å². The van der Waals surface area contributed by atoms with Gasteiger partial charge in [-0.2, -0.15) is 18.3 Å². The molecule has 7 heteroatoms. The first kappa shape index (κ1) is 16.9. The molecule has 1 aliphatic heterocycles. The molecule has 26 heavy (non-hydrogen) atoms. The van der Waals surface area contributed by atoms with E-state index in [9.17, 15) is 13.2 Å². The van der Waals surface area contributed by atoms with E-state index in [1.54, 1.807) is 6.20 Å². The fourth-order valence-electron chi connectivity index (χ4n) is 3.79.